The standard InChI is InChI=1S/C14H16BrN3O3/c1-10(19)16-9-13(20)17-7-2-8-18(17)14(21)11-3-5-12(15)6-4-11/h3-6H,2,7-9H2,1H3,(H,16,19). The molecule has 1 saturated heterocycles. The lowest BCUT2D eigenvalue weighted by Gasteiger charge is -2.28. The SMILES string of the molecule is CC(=O)NCC(=O)N1CCCN1C(=O)c1ccc(Br)cc1. The van der Waals surface area contributed by atoms with Gasteiger partial charge in [0.2, 0.25) is 5.91 Å². The van der Waals surface area contributed by atoms with Crippen LogP contribution < -0.4 is 5.32 Å². The highest BCUT2D eigenvalue weighted by Crippen LogP contribution is 2.17. The topological polar surface area (TPSA) is 69.7 Å². The zero-order valence-electron chi connectivity index (χ0n) is 11.6. The van der Waals surface area contributed by atoms with Crippen LogP contribution >= 0.6 is 15.9 Å². The van der Waals surface area contributed by atoms with Gasteiger partial charge in [0.25, 0.3) is 11.8 Å². The molecule has 6 nitrogen and oxygen atoms in total. The zero-order valence-corrected chi connectivity index (χ0v) is 13.2. The van der Waals surface area contributed by atoms with Crippen molar-refractivity contribution >= 4 is 33.7 Å². The Bertz CT molecular complexity index is 559. The van der Waals surface area contributed by atoms with E-state index in [-0.39, 0.29) is 24.3 Å². The Morgan fingerprint density at radius 1 is 1.14 bits per heavy atom. The van der Waals surface area contributed by atoms with Gasteiger partial charge in [-0.1, -0.05) is 15.9 Å². The summed E-state index contributed by atoms with van der Waals surface area (Å²) in [6.07, 6.45) is 0.730. The summed E-state index contributed by atoms with van der Waals surface area (Å²) in [5, 5.41) is 5.30. The highest BCUT2D eigenvalue weighted by atomic mass is 79.9. The van der Waals surface area contributed by atoms with Crippen molar-refractivity contribution in [3.63, 3.8) is 0 Å². The van der Waals surface area contributed by atoms with E-state index in [0.29, 0.717) is 18.7 Å². The van der Waals surface area contributed by atoms with Gasteiger partial charge in [0, 0.05) is 30.0 Å². The minimum absolute atomic E-state index is 0.0978. The van der Waals surface area contributed by atoms with Crippen LogP contribution in [0.3, 0.4) is 0 Å². The van der Waals surface area contributed by atoms with Crippen molar-refractivity contribution in [3.8, 4) is 0 Å². The second-order valence-electron chi connectivity index (χ2n) is 4.72. The average molecular weight is 354 g/mol. The first-order chi connectivity index (χ1) is 9.99. The van der Waals surface area contributed by atoms with Crippen molar-refractivity contribution < 1.29 is 14.4 Å². The van der Waals surface area contributed by atoms with Crippen LogP contribution in [-0.4, -0.2) is 47.4 Å². The maximum atomic E-state index is 12.4. The quantitative estimate of drug-likeness (QED) is 0.886. The predicted octanol–water partition coefficient (Wildman–Crippen LogP) is 1.17. The Labute approximate surface area is 131 Å². The number of nitrogens with one attached hydrogen (secondary N) is 1. The van der Waals surface area contributed by atoms with E-state index < -0.39 is 0 Å². The van der Waals surface area contributed by atoms with Crippen molar-refractivity contribution in [2.75, 3.05) is 19.6 Å². The molecule has 21 heavy (non-hydrogen) atoms. The van der Waals surface area contributed by atoms with Gasteiger partial charge >= 0.3 is 0 Å². The van der Waals surface area contributed by atoms with E-state index in [1.807, 2.05) is 0 Å². The first-order valence-corrected chi connectivity index (χ1v) is 7.40. The number of nitrogens with zero attached hydrogens (tertiary/aromatic N) is 2. The summed E-state index contributed by atoms with van der Waals surface area (Å²) < 4.78 is 0.888. The van der Waals surface area contributed by atoms with Gasteiger partial charge in [0.15, 0.2) is 0 Å². The minimum atomic E-state index is -0.284. The third kappa shape index (κ3) is 3.81. The molecule has 1 aliphatic rings. The first-order valence-electron chi connectivity index (χ1n) is 6.61. The number of hydrogen-bond acceptors (Lipinski definition) is 3. The number of carbonyl (C=O) groups excluding carboxylic acids is 3. The van der Waals surface area contributed by atoms with E-state index in [0.717, 1.165) is 10.9 Å². The minimum Gasteiger partial charge on any atom is -0.347 e. The van der Waals surface area contributed by atoms with Gasteiger partial charge in [0.1, 0.15) is 0 Å². The van der Waals surface area contributed by atoms with Gasteiger partial charge in [0.05, 0.1) is 6.54 Å². The van der Waals surface area contributed by atoms with E-state index >= 15 is 0 Å². The molecule has 1 heterocycles. The van der Waals surface area contributed by atoms with Crippen molar-refractivity contribution in [1.29, 1.82) is 0 Å². The number of carbonyl (C=O) groups is 3. The van der Waals surface area contributed by atoms with Crippen molar-refractivity contribution in [1.82, 2.24) is 15.3 Å². The van der Waals surface area contributed by atoms with Crippen LogP contribution in [0.5, 0.6) is 0 Å². The molecular weight excluding hydrogens is 338 g/mol. The second-order valence-corrected chi connectivity index (χ2v) is 5.63. The average Bonchev–Trinajstić information content (AvgIpc) is 2.94. The summed E-state index contributed by atoms with van der Waals surface area (Å²) in [5.41, 5.74) is 0.525. The van der Waals surface area contributed by atoms with Crippen LogP contribution in [0.4, 0.5) is 0 Å². The molecule has 0 spiro atoms. The fourth-order valence-electron chi connectivity index (χ4n) is 2.12. The van der Waals surface area contributed by atoms with E-state index in [2.05, 4.69) is 21.2 Å². The Morgan fingerprint density at radius 2 is 1.76 bits per heavy atom. The summed E-state index contributed by atoms with van der Waals surface area (Å²) in [7, 11) is 0. The molecule has 3 amide bonds. The molecule has 0 aliphatic carbocycles. The fourth-order valence-corrected chi connectivity index (χ4v) is 2.38. The van der Waals surface area contributed by atoms with Crippen molar-refractivity contribution in [2.24, 2.45) is 0 Å². The van der Waals surface area contributed by atoms with Gasteiger partial charge in [-0.2, -0.15) is 0 Å². The van der Waals surface area contributed by atoms with Crippen LogP contribution in [0.1, 0.15) is 23.7 Å². The predicted molar refractivity (Wildman–Crippen MR) is 80.2 cm³/mol. The van der Waals surface area contributed by atoms with Gasteiger partial charge < -0.3 is 5.32 Å². The van der Waals surface area contributed by atoms with E-state index in [1.165, 1.54) is 16.9 Å². The summed E-state index contributed by atoms with van der Waals surface area (Å²) in [6.45, 7) is 2.24. The lowest BCUT2D eigenvalue weighted by atomic mass is 10.2. The Hall–Kier alpha value is -1.89. The van der Waals surface area contributed by atoms with Crippen LogP contribution in [0.2, 0.25) is 0 Å². The number of amides is 3. The van der Waals surface area contributed by atoms with E-state index in [9.17, 15) is 14.4 Å². The molecular formula is C14H16BrN3O3. The molecule has 0 aromatic heterocycles. The van der Waals surface area contributed by atoms with Gasteiger partial charge in [-0.25, -0.2) is 10.0 Å². The molecule has 0 unspecified atom stereocenters. The number of halogens is 1. The normalized spacial score (nSPS) is 14.2. The van der Waals surface area contributed by atoms with Crippen LogP contribution in [0.25, 0.3) is 0 Å². The highest BCUT2D eigenvalue weighted by Gasteiger charge is 2.31. The molecule has 0 atom stereocenters. The molecule has 7 heteroatoms. The number of benzene rings is 1. The van der Waals surface area contributed by atoms with E-state index in [4.69, 9.17) is 0 Å². The van der Waals surface area contributed by atoms with Crippen molar-refractivity contribution in [3.05, 3.63) is 34.3 Å². The lowest BCUT2D eigenvalue weighted by molar-refractivity contribution is -0.140. The molecule has 1 aromatic carbocycles. The summed E-state index contributed by atoms with van der Waals surface area (Å²) in [5.74, 6) is -0.766. The largest absolute Gasteiger partial charge is 0.347 e. The third-order valence-electron chi connectivity index (χ3n) is 3.13. The number of hydrogen-bond donors (Lipinski definition) is 1. The highest BCUT2D eigenvalue weighted by molar-refractivity contribution is 9.10. The van der Waals surface area contributed by atoms with Gasteiger partial charge in [-0.15, -0.1) is 0 Å². The molecule has 2 rings (SSSR count). The molecule has 1 N–H and O–H groups in total. The number of hydrazine groups is 1. The molecule has 0 bridgehead atoms. The lowest BCUT2D eigenvalue weighted by Crippen LogP contribution is -2.48. The summed E-state index contributed by atoms with van der Waals surface area (Å²) in [4.78, 5) is 35.4. The smallest absolute Gasteiger partial charge is 0.272 e. The maximum Gasteiger partial charge on any atom is 0.272 e. The Balaban J connectivity index is 2.07. The van der Waals surface area contributed by atoms with Gasteiger partial charge in [-0.3, -0.25) is 14.4 Å². The third-order valence-corrected chi connectivity index (χ3v) is 3.66. The van der Waals surface area contributed by atoms with E-state index in [1.54, 1.807) is 24.3 Å². The second kappa shape index (κ2) is 6.71. The zero-order chi connectivity index (χ0) is 15.4. The fraction of sp³-hybridized carbons (Fsp3) is 0.357. The summed E-state index contributed by atoms with van der Waals surface area (Å²) >= 11 is 3.32. The van der Waals surface area contributed by atoms with Gasteiger partial charge in [-0.05, 0) is 30.7 Å². The van der Waals surface area contributed by atoms with Crippen LogP contribution in [0, 0.1) is 0 Å². The Morgan fingerprint density at radius 3 is 2.38 bits per heavy atom. The van der Waals surface area contributed by atoms with Crippen LogP contribution in [0.15, 0.2) is 28.7 Å². The van der Waals surface area contributed by atoms with Crippen LogP contribution in [-0.2, 0) is 9.59 Å². The Kier molecular flexibility index (Phi) is 4.95. The molecule has 0 saturated carbocycles. The molecule has 1 aromatic rings. The molecule has 0 radical (unpaired) electrons. The monoisotopic (exact) mass is 353 g/mol. The molecule has 1 aliphatic heterocycles. The number of rotatable bonds is 3. The van der Waals surface area contributed by atoms with Crippen molar-refractivity contribution in [2.45, 2.75) is 13.3 Å². The maximum absolute atomic E-state index is 12.4. The molecule has 112 valence electrons. The summed E-state index contributed by atoms with van der Waals surface area (Å²) in [6, 6.07) is 6.99. The first kappa shape index (κ1) is 15.5. The molecule has 1 fully saturated rings.